The summed E-state index contributed by atoms with van der Waals surface area (Å²) in [5, 5.41) is 0. The standard InChI is InChI=1S/C42H52/c1-4-6-8-10-12-14-18-34-23-27-36(28-24-34)42(37-29-25-35(26-30-37)19-15-13-11-9-7-5-2)40-21-17-16-20-38(40)39-31-22-33(3)32-41(39)42/h16-17,20-32H,4-15,18-19H2,1-3H3. The molecule has 0 aliphatic heterocycles. The number of hydrogen-bond donors (Lipinski definition) is 0. The molecule has 0 saturated heterocycles. The Morgan fingerprint density at radius 3 is 1.48 bits per heavy atom. The Morgan fingerprint density at radius 1 is 0.452 bits per heavy atom. The molecule has 0 spiro atoms. The van der Waals surface area contributed by atoms with Crippen LogP contribution in [0, 0.1) is 6.92 Å². The van der Waals surface area contributed by atoms with Gasteiger partial charge in [-0.3, -0.25) is 0 Å². The molecule has 0 N–H and O–H groups in total. The number of fused-ring (bicyclic) bond motifs is 3. The molecule has 4 aromatic rings. The first kappa shape index (κ1) is 30.3. The van der Waals surface area contributed by atoms with Crippen LogP contribution in [0.25, 0.3) is 11.1 Å². The molecule has 42 heavy (non-hydrogen) atoms. The highest BCUT2D eigenvalue weighted by Crippen LogP contribution is 2.56. The Kier molecular flexibility index (Phi) is 10.7. The number of rotatable bonds is 16. The van der Waals surface area contributed by atoms with Crippen LogP contribution in [0.5, 0.6) is 0 Å². The summed E-state index contributed by atoms with van der Waals surface area (Å²) < 4.78 is 0. The molecule has 0 saturated carbocycles. The van der Waals surface area contributed by atoms with Gasteiger partial charge in [0.25, 0.3) is 0 Å². The fourth-order valence-electron chi connectivity index (χ4n) is 7.24. The minimum atomic E-state index is -0.296. The first-order chi connectivity index (χ1) is 20.7. The quantitative estimate of drug-likeness (QED) is 0.106. The van der Waals surface area contributed by atoms with E-state index in [2.05, 4.69) is 112 Å². The van der Waals surface area contributed by atoms with Crippen molar-refractivity contribution >= 4 is 0 Å². The Bertz CT molecular complexity index is 1330. The van der Waals surface area contributed by atoms with Crippen LogP contribution in [-0.4, -0.2) is 0 Å². The Hall–Kier alpha value is -3.12. The molecule has 1 aliphatic carbocycles. The van der Waals surface area contributed by atoms with Crippen LogP contribution in [0.15, 0.2) is 91.0 Å². The molecular weight excluding hydrogens is 504 g/mol. The summed E-state index contributed by atoms with van der Waals surface area (Å²) in [6.07, 6.45) is 18.5. The second kappa shape index (κ2) is 14.9. The summed E-state index contributed by atoms with van der Waals surface area (Å²) in [5.74, 6) is 0. The molecule has 0 nitrogen and oxygen atoms in total. The molecule has 5 rings (SSSR count). The zero-order valence-corrected chi connectivity index (χ0v) is 26.6. The van der Waals surface area contributed by atoms with Crippen molar-refractivity contribution < 1.29 is 0 Å². The van der Waals surface area contributed by atoms with E-state index in [9.17, 15) is 0 Å². The van der Waals surface area contributed by atoms with Crippen molar-refractivity contribution in [2.24, 2.45) is 0 Å². The first-order valence-corrected chi connectivity index (χ1v) is 17.1. The van der Waals surface area contributed by atoms with E-state index >= 15 is 0 Å². The summed E-state index contributed by atoms with van der Waals surface area (Å²) in [7, 11) is 0. The lowest BCUT2D eigenvalue weighted by atomic mass is 9.67. The highest BCUT2D eigenvalue weighted by Gasteiger charge is 2.45. The van der Waals surface area contributed by atoms with E-state index in [1.165, 1.54) is 140 Å². The van der Waals surface area contributed by atoms with Crippen molar-refractivity contribution in [3.8, 4) is 11.1 Å². The molecule has 0 amide bonds. The minimum Gasteiger partial charge on any atom is -0.0654 e. The van der Waals surface area contributed by atoms with Crippen molar-refractivity contribution in [3.63, 3.8) is 0 Å². The maximum Gasteiger partial charge on any atom is 0.0713 e. The molecule has 1 aliphatic rings. The van der Waals surface area contributed by atoms with Crippen molar-refractivity contribution in [1.29, 1.82) is 0 Å². The molecule has 0 heteroatoms. The van der Waals surface area contributed by atoms with Crippen LogP contribution >= 0.6 is 0 Å². The van der Waals surface area contributed by atoms with Gasteiger partial charge >= 0.3 is 0 Å². The summed E-state index contributed by atoms with van der Waals surface area (Å²) in [6.45, 7) is 6.82. The Labute approximate surface area is 256 Å². The van der Waals surface area contributed by atoms with Gasteiger partial charge in [0, 0.05) is 0 Å². The van der Waals surface area contributed by atoms with Gasteiger partial charge in [-0.15, -0.1) is 0 Å². The highest BCUT2D eigenvalue weighted by atomic mass is 14.5. The molecule has 4 aromatic carbocycles. The van der Waals surface area contributed by atoms with Crippen LogP contribution in [0.4, 0.5) is 0 Å². The van der Waals surface area contributed by atoms with Crippen molar-refractivity contribution in [1.82, 2.24) is 0 Å². The zero-order chi connectivity index (χ0) is 29.2. The third-order valence-electron chi connectivity index (χ3n) is 9.61. The predicted octanol–water partition coefficient (Wildman–Crippen LogP) is 12.2. The Morgan fingerprint density at radius 2 is 0.929 bits per heavy atom. The molecule has 0 bridgehead atoms. The molecule has 0 atom stereocenters. The fraction of sp³-hybridized carbons (Fsp3) is 0.429. The van der Waals surface area contributed by atoms with Gasteiger partial charge in [0.2, 0.25) is 0 Å². The average Bonchev–Trinajstić information content (AvgIpc) is 3.31. The molecule has 0 radical (unpaired) electrons. The van der Waals surface area contributed by atoms with Crippen LogP contribution < -0.4 is 0 Å². The van der Waals surface area contributed by atoms with Gasteiger partial charge in [0.05, 0.1) is 5.41 Å². The van der Waals surface area contributed by atoms with Gasteiger partial charge in [0.1, 0.15) is 0 Å². The lowest BCUT2D eigenvalue weighted by Crippen LogP contribution is -2.28. The van der Waals surface area contributed by atoms with E-state index in [-0.39, 0.29) is 5.41 Å². The summed E-state index contributed by atoms with van der Waals surface area (Å²) >= 11 is 0. The van der Waals surface area contributed by atoms with E-state index in [1.54, 1.807) is 0 Å². The molecule has 0 aromatic heterocycles. The van der Waals surface area contributed by atoms with Gasteiger partial charge in [-0.05, 0) is 77.1 Å². The predicted molar refractivity (Wildman–Crippen MR) is 183 cm³/mol. The molecular formula is C42H52. The van der Waals surface area contributed by atoms with Gasteiger partial charge in [0.15, 0.2) is 0 Å². The number of unbranched alkanes of at least 4 members (excludes halogenated alkanes) is 10. The molecule has 0 heterocycles. The van der Waals surface area contributed by atoms with Gasteiger partial charge in [-0.1, -0.05) is 175 Å². The number of hydrogen-bond acceptors (Lipinski definition) is 0. The molecule has 220 valence electrons. The highest BCUT2D eigenvalue weighted by molar-refractivity contribution is 5.86. The normalized spacial score (nSPS) is 13.2. The zero-order valence-electron chi connectivity index (χ0n) is 26.6. The van der Waals surface area contributed by atoms with Crippen molar-refractivity contribution in [3.05, 3.63) is 130 Å². The molecule has 0 unspecified atom stereocenters. The van der Waals surface area contributed by atoms with Crippen molar-refractivity contribution in [2.75, 3.05) is 0 Å². The maximum absolute atomic E-state index is 2.45. The van der Waals surface area contributed by atoms with Crippen LogP contribution in [0.3, 0.4) is 0 Å². The first-order valence-electron chi connectivity index (χ1n) is 17.1. The monoisotopic (exact) mass is 556 g/mol. The lowest BCUT2D eigenvalue weighted by Gasteiger charge is -2.34. The lowest BCUT2D eigenvalue weighted by molar-refractivity contribution is 0.607. The van der Waals surface area contributed by atoms with Gasteiger partial charge < -0.3 is 0 Å². The average molecular weight is 557 g/mol. The Balaban J connectivity index is 1.46. The van der Waals surface area contributed by atoms with Gasteiger partial charge in [-0.2, -0.15) is 0 Å². The number of aryl methyl sites for hydroxylation is 3. The van der Waals surface area contributed by atoms with Crippen LogP contribution in [0.1, 0.15) is 130 Å². The third kappa shape index (κ3) is 6.59. The fourth-order valence-corrected chi connectivity index (χ4v) is 7.24. The summed E-state index contributed by atoms with van der Waals surface area (Å²) in [5.41, 5.74) is 12.3. The van der Waals surface area contributed by atoms with E-state index in [1.807, 2.05) is 0 Å². The number of benzene rings is 4. The topological polar surface area (TPSA) is 0 Å². The molecule has 0 fully saturated rings. The minimum absolute atomic E-state index is 0.296. The van der Waals surface area contributed by atoms with E-state index in [0.717, 1.165) is 0 Å². The summed E-state index contributed by atoms with van der Waals surface area (Å²) in [4.78, 5) is 0. The van der Waals surface area contributed by atoms with E-state index in [4.69, 9.17) is 0 Å². The smallest absolute Gasteiger partial charge is 0.0654 e. The third-order valence-corrected chi connectivity index (χ3v) is 9.61. The van der Waals surface area contributed by atoms with Crippen molar-refractivity contribution in [2.45, 2.75) is 116 Å². The van der Waals surface area contributed by atoms with E-state index in [0.29, 0.717) is 0 Å². The second-order valence-corrected chi connectivity index (χ2v) is 12.8. The maximum atomic E-state index is 2.45. The second-order valence-electron chi connectivity index (χ2n) is 12.8. The largest absolute Gasteiger partial charge is 0.0713 e. The van der Waals surface area contributed by atoms with E-state index < -0.39 is 0 Å². The van der Waals surface area contributed by atoms with Gasteiger partial charge in [-0.25, -0.2) is 0 Å². The summed E-state index contributed by atoms with van der Waals surface area (Å²) in [6, 6.07) is 35.6. The van der Waals surface area contributed by atoms with Crippen LogP contribution in [0.2, 0.25) is 0 Å². The SMILES string of the molecule is CCCCCCCCc1ccc(C2(c3ccc(CCCCCCCC)cc3)c3ccccc3-c3ccc(C)cc32)cc1. The van der Waals surface area contributed by atoms with Crippen LogP contribution in [-0.2, 0) is 18.3 Å².